The zero-order valence-electron chi connectivity index (χ0n) is 17.1. The molecule has 0 aromatic heterocycles. The second-order valence-electron chi connectivity index (χ2n) is 6.71. The lowest BCUT2D eigenvalue weighted by atomic mass is 9.94. The van der Waals surface area contributed by atoms with E-state index in [4.69, 9.17) is 19.3 Å². The molecule has 0 saturated heterocycles. The molecule has 0 spiro atoms. The number of halogens is 1. The second-order valence-corrected chi connectivity index (χ2v) is 7.94. The van der Waals surface area contributed by atoms with E-state index in [1.165, 1.54) is 0 Å². The molecule has 0 aliphatic carbocycles. The molecule has 0 saturated carbocycles. The molecule has 0 unspecified atom stereocenters. The standard InChI is InChI=1S/C22H26BrNO6S/c1-15(10-12-29-20(26)14-31)21(18-4-2-3-5-19(18)28-13-11-25)30-22(27)24-17-8-6-16(23)7-9-17/h2-9,15,21,25,31H,10-14H2,1H3,(H,24,27)/t15-,21-/m0/s1. The van der Waals surface area contributed by atoms with E-state index < -0.39 is 18.2 Å². The average molecular weight is 512 g/mol. The topological polar surface area (TPSA) is 94.1 Å². The van der Waals surface area contributed by atoms with Gasteiger partial charge in [0.25, 0.3) is 0 Å². The fourth-order valence-corrected chi connectivity index (χ4v) is 3.20. The zero-order chi connectivity index (χ0) is 22.6. The van der Waals surface area contributed by atoms with E-state index in [-0.39, 0.29) is 31.5 Å². The molecule has 0 radical (unpaired) electrons. The first-order valence-corrected chi connectivity index (χ1v) is 11.2. The number of hydrogen-bond donors (Lipinski definition) is 3. The van der Waals surface area contributed by atoms with Crippen molar-refractivity contribution in [1.82, 2.24) is 0 Å². The summed E-state index contributed by atoms with van der Waals surface area (Å²) >= 11 is 7.24. The summed E-state index contributed by atoms with van der Waals surface area (Å²) in [6, 6.07) is 14.3. The van der Waals surface area contributed by atoms with Crippen LogP contribution in [0.15, 0.2) is 53.0 Å². The number of carbonyl (C=O) groups is 2. The first-order chi connectivity index (χ1) is 14.9. The van der Waals surface area contributed by atoms with Gasteiger partial charge in [0.15, 0.2) is 0 Å². The second kappa shape index (κ2) is 13.2. The maximum atomic E-state index is 12.6. The van der Waals surface area contributed by atoms with Crippen molar-refractivity contribution in [1.29, 1.82) is 0 Å². The van der Waals surface area contributed by atoms with Crippen LogP contribution in [0.3, 0.4) is 0 Å². The number of carbonyl (C=O) groups excluding carboxylic acids is 2. The smallest absolute Gasteiger partial charge is 0.412 e. The quantitative estimate of drug-likeness (QED) is 0.301. The number of thiol groups is 1. The fraction of sp³-hybridized carbons (Fsp3) is 0.364. The molecule has 2 aromatic rings. The van der Waals surface area contributed by atoms with Gasteiger partial charge in [0.1, 0.15) is 18.5 Å². The Balaban J connectivity index is 2.17. The van der Waals surface area contributed by atoms with Crippen molar-refractivity contribution in [2.45, 2.75) is 19.4 Å². The van der Waals surface area contributed by atoms with E-state index in [0.717, 1.165) is 4.47 Å². The molecule has 0 fully saturated rings. The lowest BCUT2D eigenvalue weighted by Gasteiger charge is -2.26. The number of aliphatic hydroxyl groups excluding tert-OH is 1. The molecule has 31 heavy (non-hydrogen) atoms. The van der Waals surface area contributed by atoms with Gasteiger partial charge in [-0.3, -0.25) is 10.1 Å². The fourth-order valence-electron chi connectivity index (χ4n) is 2.84. The number of anilines is 1. The number of ether oxygens (including phenoxy) is 3. The van der Waals surface area contributed by atoms with Crippen LogP contribution in [0.1, 0.15) is 25.0 Å². The van der Waals surface area contributed by atoms with Crippen LogP contribution in [-0.4, -0.2) is 42.7 Å². The van der Waals surface area contributed by atoms with Crippen LogP contribution in [0.25, 0.3) is 0 Å². The minimum absolute atomic E-state index is 0.00172. The van der Waals surface area contributed by atoms with Crippen LogP contribution < -0.4 is 10.1 Å². The van der Waals surface area contributed by atoms with Crippen LogP contribution in [0.2, 0.25) is 0 Å². The molecule has 0 bridgehead atoms. The van der Waals surface area contributed by atoms with Gasteiger partial charge in [-0.05, 0) is 36.8 Å². The minimum Gasteiger partial charge on any atom is -0.491 e. The molecule has 0 aliphatic heterocycles. The Hall–Kier alpha value is -2.23. The third-order valence-corrected chi connectivity index (χ3v) is 5.17. The molecule has 0 heterocycles. The van der Waals surface area contributed by atoms with E-state index in [1.54, 1.807) is 30.3 Å². The SMILES string of the molecule is C[C@@H](CCOC(=O)CS)[C@H](OC(=O)Nc1ccc(Br)cc1)c1ccccc1OCCO. The van der Waals surface area contributed by atoms with Gasteiger partial charge in [-0.1, -0.05) is 41.1 Å². The lowest BCUT2D eigenvalue weighted by Crippen LogP contribution is -2.24. The molecular formula is C22H26BrNO6S. The maximum absolute atomic E-state index is 12.6. The van der Waals surface area contributed by atoms with E-state index >= 15 is 0 Å². The predicted molar refractivity (Wildman–Crippen MR) is 125 cm³/mol. The number of esters is 1. The average Bonchev–Trinajstić information content (AvgIpc) is 2.77. The van der Waals surface area contributed by atoms with Gasteiger partial charge < -0.3 is 19.3 Å². The van der Waals surface area contributed by atoms with Gasteiger partial charge in [-0.25, -0.2) is 4.79 Å². The number of nitrogens with one attached hydrogen (secondary N) is 1. The predicted octanol–water partition coefficient (Wildman–Crippen LogP) is 4.61. The van der Waals surface area contributed by atoms with E-state index in [2.05, 4.69) is 33.9 Å². The van der Waals surface area contributed by atoms with Crippen molar-refractivity contribution in [3.05, 3.63) is 58.6 Å². The van der Waals surface area contributed by atoms with Gasteiger partial charge in [-0.2, -0.15) is 12.6 Å². The third-order valence-electron chi connectivity index (χ3n) is 4.38. The normalized spacial score (nSPS) is 12.5. The lowest BCUT2D eigenvalue weighted by molar-refractivity contribution is -0.141. The van der Waals surface area contributed by atoms with E-state index in [9.17, 15) is 9.59 Å². The van der Waals surface area contributed by atoms with E-state index in [0.29, 0.717) is 23.4 Å². The van der Waals surface area contributed by atoms with Crippen LogP contribution in [-0.2, 0) is 14.3 Å². The molecule has 7 nitrogen and oxygen atoms in total. The summed E-state index contributed by atoms with van der Waals surface area (Å²) in [4.78, 5) is 24.0. The van der Waals surface area contributed by atoms with Gasteiger partial charge in [0.2, 0.25) is 0 Å². The monoisotopic (exact) mass is 511 g/mol. The summed E-state index contributed by atoms with van der Waals surface area (Å²) in [5.74, 6) is -0.0889. The van der Waals surface area contributed by atoms with Crippen molar-refractivity contribution in [3.8, 4) is 5.75 Å². The van der Waals surface area contributed by atoms with Gasteiger partial charge in [0.05, 0.1) is 19.0 Å². The molecule has 2 aromatic carbocycles. The number of aliphatic hydroxyl groups is 1. The highest BCUT2D eigenvalue weighted by Gasteiger charge is 2.27. The Labute approximate surface area is 195 Å². The van der Waals surface area contributed by atoms with Gasteiger partial charge >= 0.3 is 12.1 Å². The minimum atomic E-state index is -0.667. The summed E-state index contributed by atoms with van der Waals surface area (Å²) in [5.41, 5.74) is 1.25. The van der Waals surface area contributed by atoms with Crippen molar-refractivity contribution >= 4 is 46.3 Å². The first-order valence-electron chi connectivity index (χ1n) is 9.76. The van der Waals surface area contributed by atoms with Crippen LogP contribution in [0.5, 0.6) is 5.75 Å². The van der Waals surface area contributed by atoms with Crippen molar-refractivity contribution in [2.75, 3.05) is 30.9 Å². The molecule has 2 rings (SSSR count). The van der Waals surface area contributed by atoms with Crippen molar-refractivity contribution < 1.29 is 28.9 Å². The molecule has 1 amide bonds. The van der Waals surface area contributed by atoms with Crippen LogP contribution >= 0.6 is 28.6 Å². The Kier molecular flexibility index (Phi) is 10.7. The first kappa shape index (κ1) is 25.0. The Bertz CT molecular complexity index is 848. The maximum Gasteiger partial charge on any atom is 0.412 e. The molecule has 0 aliphatic rings. The highest BCUT2D eigenvalue weighted by molar-refractivity contribution is 9.10. The highest BCUT2D eigenvalue weighted by Crippen LogP contribution is 2.35. The zero-order valence-corrected chi connectivity index (χ0v) is 19.6. The molecule has 2 N–H and O–H groups in total. The number of rotatable bonds is 11. The Morgan fingerprint density at radius 1 is 1.13 bits per heavy atom. The van der Waals surface area contributed by atoms with Crippen molar-refractivity contribution in [2.24, 2.45) is 5.92 Å². The van der Waals surface area contributed by atoms with E-state index in [1.807, 2.05) is 25.1 Å². The number of amides is 1. The largest absolute Gasteiger partial charge is 0.491 e. The summed E-state index contributed by atoms with van der Waals surface area (Å²) in [7, 11) is 0. The van der Waals surface area contributed by atoms with Crippen LogP contribution in [0.4, 0.5) is 10.5 Å². The van der Waals surface area contributed by atoms with Crippen molar-refractivity contribution in [3.63, 3.8) is 0 Å². The summed E-state index contributed by atoms with van der Waals surface area (Å²) < 4.78 is 17.4. The van der Waals surface area contributed by atoms with Gasteiger partial charge in [-0.15, -0.1) is 0 Å². The third kappa shape index (κ3) is 8.43. The Morgan fingerprint density at radius 2 is 1.84 bits per heavy atom. The Morgan fingerprint density at radius 3 is 2.52 bits per heavy atom. The van der Waals surface area contributed by atoms with Crippen LogP contribution in [0, 0.1) is 5.92 Å². The molecule has 2 atom stereocenters. The molecule has 9 heteroatoms. The summed E-state index contributed by atoms with van der Waals surface area (Å²) in [6.45, 7) is 2.05. The van der Waals surface area contributed by atoms with Gasteiger partial charge in [0, 0.05) is 21.6 Å². The number of para-hydroxylation sites is 1. The highest BCUT2D eigenvalue weighted by atomic mass is 79.9. The number of hydrogen-bond acceptors (Lipinski definition) is 7. The summed E-state index contributed by atoms with van der Waals surface area (Å²) in [6.07, 6.45) is -0.826. The molecule has 168 valence electrons. The molecular weight excluding hydrogens is 486 g/mol. The summed E-state index contributed by atoms with van der Waals surface area (Å²) in [5, 5.41) is 11.8. The number of benzene rings is 2.